The number of likely N-dealkylation sites (tertiary alicyclic amines) is 1. The number of fused-ring (bicyclic) bond motifs is 1. The van der Waals surface area contributed by atoms with E-state index in [0.717, 1.165) is 36.3 Å². The van der Waals surface area contributed by atoms with Crippen LogP contribution >= 0.6 is 0 Å². The lowest BCUT2D eigenvalue weighted by atomic mass is 9.97. The first-order valence-electron chi connectivity index (χ1n) is 10.4. The number of carbonyl (C=O) groups is 1. The van der Waals surface area contributed by atoms with E-state index >= 15 is 0 Å². The molecule has 1 saturated carbocycles. The number of amides is 1. The van der Waals surface area contributed by atoms with Crippen LogP contribution in [0.25, 0.3) is 10.9 Å². The molecule has 3 heterocycles. The largest absolute Gasteiger partial charge is 0.381 e. The fourth-order valence-corrected chi connectivity index (χ4v) is 3.87. The zero-order valence-corrected chi connectivity index (χ0v) is 16.3. The Balaban J connectivity index is 1.22. The van der Waals surface area contributed by atoms with Crippen molar-refractivity contribution < 1.29 is 14.1 Å². The number of ether oxygens (including phenoxy) is 1. The standard InChI is InChI=1S/C21H25N5O3/c27-21(19-16-5-1-2-6-17(16)23-24-19)26-10-3-4-15(12-26)20-22-18(25-29-20)9-11-28-13-14-7-8-14/h1-2,5-6,14-15H,3-4,7-13H2,(H,23,24). The number of benzene rings is 1. The fourth-order valence-electron chi connectivity index (χ4n) is 3.87. The molecule has 152 valence electrons. The fraction of sp³-hybridized carbons (Fsp3) is 0.524. The summed E-state index contributed by atoms with van der Waals surface area (Å²) in [5.41, 5.74) is 1.34. The van der Waals surface area contributed by atoms with Gasteiger partial charge in [-0.25, -0.2) is 0 Å². The summed E-state index contributed by atoms with van der Waals surface area (Å²) in [5.74, 6) is 2.06. The molecular formula is C21H25N5O3. The van der Waals surface area contributed by atoms with E-state index in [9.17, 15) is 4.79 Å². The Morgan fingerprint density at radius 1 is 1.28 bits per heavy atom. The zero-order valence-electron chi connectivity index (χ0n) is 16.3. The van der Waals surface area contributed by atoms with Gasteiger partial charge in [-0.1, -0.05) is 23.4 Å². The summed E-state index contributed by atoms with van der Waals surface area (Å²) in [6.07, 6.45) is 5.07. The number of aromatic nitrogens is 4. The first-order valence-corrected chi connectivity index (χ1v) is 10.4. The second-order valence-corrected chi connectivity index (χ2v) is 8.03. The van der Waals surface area contributed by atoms with Crippen LogP contribution in [0, 0.1) is 5.92 Å². The molecule has 0 bridgehead atoms. The van der Waals surface area contributed by atoms with E-state index in [1.807, 2.05) is 29.2 Å². The molecule has 1 saturated heterocycles. The Kier molecular flexibility index (Phi) is 5.01. The van der Waals surface area contributed by atoms with Gasteiger partial charge in [0.25, 0.3) is 5.91 Å². The third-order valence-corrected chi connectivity index (χ3v) is 5.74. The van der Waals surface area contributed by atoms with E-state index in [1.165, 1.54) is 12.8 Å². The number of nitrogens with zero attached hydrogens (tertiary/aromatic N) is 4. The maximum Gasteiger partial charge on any atom is 0.275 e. The second-order valence-electron chi connectivity index (χ2n) is 8.03. The highest BCUT2D eigenvalue weighted by molar-refractivity contribution is 6.04. The van der Waals surface area contributed by atoms with Crippen LogP contribution in [0.4, 0.5) is 0 Å². The number of hydrogen-bond donors (Lipinski definition) is 1. The average Bonchev–Trinajstić information content (AvgIpc) is 3.29. The van der Waals surface area contributed by atoms with Crippen molar-refractivity contribution >= 4 is 16.8 Å². The van der Waals surface area contributed by atoms with Gasteiger partial charge in [-0.15, -0.1) is 0 Å². The minimum atomic E-state index is -0.0552. The Morgan fingerprint density at radius 2 is 2.17 bits per heavy atom. The monoisotopic (exact) mass is 395 g/mol. The summed E-state index contributed by atoms with van der Waals surface area (Å²) in [6.45, 7) is 2.75. The number of carbonyl (C=O) groups excluding carboxylic acids is 1. The average molecular weight is 395 g/mol. The molecule has 1 unspecified atom stereocenters. The lowest BCUT2D eigenvalue weighted by Gasteiger charge is -2.30. The summed E-state index contributed by atoms with van der Waals surface area (Å²) in [4.78, 5) is 19.5. The molecule has 1 aliphatic carbocycles. The van der Waals surface area contributed by atoms with Gasteiger partial charge in [-0.2, -0.15) is 10.1 Å². The van der Waals surface area contributed by atoms with E-state index in [1.54, 1.807) is 0 Å². The van der Waals surface area contributed by atoms with E-state index in [0.29, 0.717) is 43.5 Å². The molecular weight excluding hydrogens is 370 g/mol. The van der Waals surface area contributed by atoms with Crippen LogP contribution in [-0.4, -0.2) is 57.4 Å². The van der Waals surface area contributed by atoms with Gasteiger partial charge in [0.05, 0.1) is 18.0 Å². The van der Waals surface area contributed by atoms with Crippen molar-refractivity contribution in [3.8, 4) is 0 Å². The molecule has 2 aromatic heterocycles. The van der Waals surface area contributed by atoms with E-state index in [4.69, 9.17) is 9.26 Å². The van der Waals surface area contributed by atoms with Crippen LogP contribution in [-0.2, 0) is 11.2 Å². The van der Waals surface area contributed by atoms with Crippen molar-refractivity contribution in [2.45, 2.75) is 38.0 Å². The predicted octanol–water partition coefficient (Wildman–Crippen LogP) is 2.93. The molecule has 5 rings (SSSR count). The highest BCUT2D eigenvalue weighted by atomic mass is 16.5. The molecule has 8 heteroatoms. The normalized spacial score (nSPS) is 19.7. The van der Waals surface area contributed by atoms with Gasteiger partial charge < -0.3 is 14.2 Å². The lowest BCUT2D eigenvalue weighted by molar-refractivity contribution is 0.0691. The molecule has 0 radical (unpaired) electrons. The van der Waals surface area contributed by atoms with Gasteiger partial charge in [0.15, 0.2) is 11.5 Å². The van der Waals surface area contributed by atoms with Crippen molar-refractivity contribution in [3.63, 3.8) is 0 Å². The molecule has 1 aromatic carbocycles. The van der Waals surface area contributed by atoms with Gasteiger partial charge >= 0.3 is 0 Å². The molecule has 0 spiro atoms. The Hall–Kier alpha value is -2.74. The van der Waals surface area contributed by atoms with Crippen LogP contribution in [0.2, 0.25) is 0 Å². The zero-order chi connectivity index (χ0) is 19.6. The number of aromatic amines is 1. The summed E-state index contributed by atoms with van der Waals surface area (Å²) in [5, 5.41) is 12.1. The number of H-pyrrole nitrogens is 1. The SMILES string of the molecule is O=C(c1n[nH]c2ccccc12)N1CCCC(c2nc(CCOCC3CC3)no2)C1. The van der Waals surface area contributed by atoms with Gasteiger partial charge in [0, 0.05) is 31.5 Å². The van der Waals surface area contributed by atoms with E-state index < -0.39 is 0 Å². The quantitative estimate of drug-likeness (QED) is 0.618. The highest BCUT2D eigenvalue weighted by Gasteiger charge is 2.30. The van der Waals surface area contributed by atoms with Crippen molar-refractivity contribution in [1.82, 2.24) is 25.2 Å². The minimum Gasteiger partial charge on any atom is -0.381 e. The van der Waals surface area contributed by atoms with Crippen molar-refractivity contribution in [1.29, 1.82) is 0 Å². The number of rotatable bonds is 7. The Labute approximate surface area is 168 Å². The predicted molar refractivity (Wildman–Crippen MR) is 106 cm³/mol. The molecule has 3 aromatic rings. The number of para-hydroxylation sites is 1. The third-order valence-electron chi connectivity index (χ3n) is 5.74. The first kappa shape index (κ1) is 18.3. The van der Waals surface area contributed by atoms with Crippen LogP contribution in [0.15, 0.2) is 28.8 Å². The lowest BCUT2D eigenvalue weighted by Crippen LogP contribution is -2.39. The molecule has 1 aliphatic heterocycles. The maximum atomic E-state index is 13.1. The molecule has 1 N–H and O–H groups in total. The summed E-state index contributed by atoms with van der Waals surface area (Å²) in [7, 11) is 0. The van der Waals surface area contributed by atoms with Crippen LogP contribution in [0.3, 0.4) is 0 Å². The maximum absolute atomic E-state index is 13.1. The minimum absolute atomic E-state index is 0.0552. The number of hydrogen-bond acceptors (Lipinski definition) is 6. The molecule has 8 nitrogen and oxygen atoms in total. The van der Waals surface area contributed by atoms with Crippen molar-refractivity contribution in [2.75, 3.05) is 26.3 Å². The van der Waals surface area contributed by atoms with Crippen molar-refractivity contribution in [2.24, 2.45) is 5.92 Å². The molecule has 29 heavy (non-hydrogen) atoms. The van der Waals surface area contributed by atoms with Crippen LogP contribution < -0.4 is 0 Å². The summed E-state index contributed by atoms with van der Waals surface area (Å²) >= 11 is 0. The number of nitrogens with one attached hydrogen (secondary N) is 1. The van der Waals surface area contributed by atoms with E-state index in [-0.39, 0.29) is 11.8 Å². The van der Waals surface area contributed by atoms with Crippen molar-refractivity contribution in [3.05, 3.63) is 41.7 Å². The van der Waals surface area contributed by atoms with E-state index in [2.05, 4.69) is 20.3 Å². The molecule has 1 atom stereocenters. The topological polar surface area (TPSA) is 97.1 Å². The highest BCUT2D eigenvalue weighted by Crippen LogP contribution is 2.29. The first-order chi connectivity index (χ1) is 14.3. The van der Waals surface area contributed by atoms with Gasteiger partial charge in [0.1, 0.15) is 0 Å². The Morgan fingerprint density at radius 3 is 3.07 bits per heavy atom. The Bertz CT molecular complexity index is 993. The number of piperidine rings is 1. The van der Waals surface area contributed by atoms with Crippen LogP contribution in [0.5, 0.6) is 0 Å². The van der Waals surface area contributed by atoms with Gasteiger partial charge in [0.2, 0.25) is 5.89 Å². The van der Waals surface area contributed by atoms with Crippen LogP contribution in [0.1, 0.15) is 53.8 Å². The molecule has 2 fully saturated rings. The third kappa shape index (κ3) is 4.03. The summed E-state index contributed by atoms with van der Waals surface area (Å²) in [6, 6.07) is 7.69. The smallest absolute Gasteiger partial charge is 0.275 e. The molecule has 2 aliphatic rings. The molecule has 1 amide bonds. The van der Waals surface area contributed by atoms with Gasteiger partial charge in [-0.3, -0.25) is 9.89 Å². The second kappa shape index (κ2) is 7.94. The van der Waals surface area contributed by atoms with Gasteiger partial charge in [-0.05, 0) is 37.7 Å². The summed E-state index contributed by atoms with van der Waals surface area (Å²) < 4.78 is 11.2.